The van der Waals surface area contributed by atoms with Crippen LogP contribution >= 0.6 is 22.6 Å². The number of nitrogens with one attached hydrogen (secondary N) is 1. The second kappa shape index (κ2) is 11.0. The first-order valence-electron chi connectivity index (χ1n) is 8.28. The van der Waals surface area contributed by atoms with Gasteiger partial charge in [0.1, 0.15) is 6.61 Å². The molecule has 0 radical (unpaired) electrons. The molecule has 1 aromatic carbocycles. The number of carbonyl (C=O) groups is 1. The smallest absolute Gasteiger partial charge is 0.254 e. The number of ether oxygens (including phenoxy) is 3. The molecule has 0 aromatic heterocycles. The van der Waals surface area contributed by atoms with Crippen molar-refractivity contribution in [3.63, 3.8) is 0 Å². The van der Waals surface area contributed by atoms with Gasteiger partial charge >= 0.3 is 0 Å². The van der Waals surface area contributed by atoms with E-state index in [0.717, 1.165) is 22.2 Å². The Hall–Kier alpha value is -1.83. The molecule has 0 saturated carbocycles. The summed E-state index contributed by atoms with van der Waals surface area (Å²) in [6, 6.07) is 3.68. The summed E-state index contributed by atoms with van der Waals surface area (Å²) in [5, 5.41) is 4.03. The molecular formula is C18H22IN3O4. The predicted octanol–water partition coefficient (Wildman–Crippen LogP) is 1.48. The molecule has 1 amide bonds. The second-order valence-corrected chi connectivity index (χ2v) is 6.60. The Balaban J connectivity index is 1.97. The van der Waals surface area contributed by atoms with Gasteiger partial charge in [-0.3, -0.25) is 9.69 Å². The topological polar surface area (TPSA) is 72.4 Å². The third-order valence-electron chi connectivity index (χ3n) is 3.51. The first-order valence-corrected chi connectivity index (χ1v) is 9.36. The summed E-state index contributed by atoms with van der Waals surface area (Å²) in [5.41, 5.74) is 3.33. The van der Waals surface area contributed by atoms with Crippen molar-refractivity contribution in [1.29, 1.82) is 0 Å². The van der Waals surface area contributed by atoms with Gasteiger partial charge in [0.05, 0.1) is 36.2 Å². The van der Waals surface area contributed by atoms with Crippen LogP contribution in [0, 0.1) is 15.9 Å². The average molecular weight is 471 g/mol. The number of nitrogens with zero attached hydrogens (tertiary/aromatic N) is 2. The fraction of sp³-hybridized carbons (Fsp3) is 0.444. The van der Waals surface area contributed by atoms with Crippen molar-refractivity contribution in [3.8, 4) is 23.8 Å². The minimum absolute atomic E-state index is 0.156. The molecule has 140 valence electrons. The minimum Gasteiger partial charge on any atom is -0.490 e. The van der Waals surface area contributed by atoms with Gasteiger partial charge in [0, 0.05) is 13.1 Å². The Morgan fingerprint density at radius 2 is 2.23 bits per heavy atom. The highest BCUT2D eigenvalue weighted by atomic mass is 127. The monoisotopic (exact) mass is 471 g/mol. The van der Waals surface area contributed by atoms with E-state index in [4.69, 9.17) is 20.6 Å². The number of morpholine rings is 1. The summed E-state index contributed by atoms with van der Waals surface area (Å²) < 4.78 is 17.3. The van der Waals surface area contributed by atoms with E-state index in [-0.39, 0.29) is 12.5 Å². The Morgan fingerprint density at radius 3 is 2.92 bits per heavy atom. The highest BCUT2D eigenvalue weighted by Gasteiger charge is 2.14. The lowest BCUT2D eigenvalue weighted by Crippen LogP contribution is -2.42. The lowest BCUT2D eigenvalue weighted by molar-refractivity contribution is -0.123. The van der Waals surface area contributed by atoms with Gasteiger partial charge < -0.3 is 14.2 Å². The number of carbonyl (C=O) groups excluding carboxylic acids is 1. The van der Waals surface area contributed by atoms with Gasteiger partial charge in [0.2, 0.25) is 0 Å². The summed E-state index contributed by atoms with van der Waals surface area (Å²) in [6.07, 6.45) is 6.83. The minimum atomic E-state index is -0.156. The summed E-state index contributed by atoms with van der Waals surface area (Å²) >= 11 is 2.15. The van der Waals surface area contributed by atoms with Gasteiger partial charge in [-0.25, -0.2) is 5.43 Å². The maximum atomic E-state index is 11.9. The Labute approximate surface area is 167 Å². The van der Waals surface area contributed by atoms with Gasteiger partial charge in [-0.1, -0.05) is 5.92 Å². The maximum Gasteiger partial charge on any atom is 0.254 e. The number of hydrogen-bond donors (Lipinski definition) is 1. The van der Waals surface area contributed by atoms with E-state index in [0.29, 0.717) is 37.9 Å². The Morgan fingerprint density at radius 1 is 1.46 bits per heavy atom. The van der Waals surface area contributed by atoms with E-state index in [1.165, 1.54) is 0 Å². The van der Waals surface area contributed by atoms with Crippen LogP contribution in [0.1, 0.15) is 12.5 Å². The number of amides is 1. The van der Waals surface area contributed by atoms with E-state index >= 15 is 0 Å². The van der Waals surface area contributed by atoms with E-state index in [2.05, 4.69) is 39.0 Å². The molecular weight excluding hydrogens is 449 g/mol. The average Bonchev–Trinajstić information content (AvgIpc) is 2.62. The molecule has 0 spiro atoms. The molecule has 1 heterocycles. The van der Waals surface area contributed by atoms with Crippen LogP contribution < -0.4 is 14.9 Å². The molecule has 0 unspecified atom stereocenters. The van der Waals surface area contributed by atoms with Gasteiger partial charge in [-0.2, -0.15) is 5.10 Å². The summed E-state index contributed by atoms with van der Waals surface area (Å²) in [4.78, 5) is 14.0. The molecule has 0 bridgehead atoms. The number of hydrazone groups is 1. The quantitative estimate of drug-likeness (QED) is 0.269. The van der Waals surface area contributed by atoms with Gasteiger partial charge in [-0.05, 0) is 47.2 Å². The predicted molar refractivity (Wildman–Crippen MR) is 108 cm³/mol. The molecule has 1 aliphatic rings. The lowest BCUT2D eigenvalue weighted by Gasteiger charge is -2.25. The molecule has 1 saturated heterocycles. The van der Waals surface area contributed by atoms with Crippen LogP contribution in [0.25, 0.3) is 0 Å². The molecule has 0 aliphatic carbocycles. The molecule has 7 nitrogen and oxygen atoms in total. The first-order chi connectivity index (χ1) is 12.6. The Bertz CT molecular complexity index is 682. The van der Waals surface area contributed by atoms with Crippen LogP contribution in [0.2, 0.25) is 0 Å². The van der Waals surface area contributed by atoms with Crippen LogP contribution in [0.15, 0.2) is 17.2 Å². The molecule has 8 heteroatoms. The van der Waals surface area contributed by atoms with Crippen LogP contribution in [0.3, 0.4) is 0 Å². The second-order valence-electron chi connectivity index (χ2n) is 5.44. The molecule has 1 aliphatic heterocycles. The van der Waals surface area contributed by atoms with Crippen molar-refractivity contribution in [2.45, 2.75) is 6.92 Å². The van der Waals surface area contributed by atoms with Crippen LogP contribution in [0.5, 0.6) is 11.5 Å². The summed E-state index contributed by atoms with van der Waals surface area (Å²) in [7, 11) is 0. The van der Waals surface area contributed by atoms with Crippen molar-refractivity contribution in [1.82, 2.24) is 10.3 Å². The van der Waals surface area contributed by atoms with Gasteiger partial charge in [-0.15, -0.1) is 6.42 Å². The third-order valence-corrected chi connectivity index (χ3v) is 4.31. The van der Waals surface area contributed by atoms with E-state index < -0.39 is 0 Å². The molecule has 2 rings (SSSR count). The zero-order chi connectivity index (χ0) is 18.8. The molecule has 1 N–H and O–H groups in total. The highest BCUT2D eigenvalue weighted by Crippen LogP contribution is 2.33. The lowest BCUT2D eigenvalue weighted by atomic mass is 10.2. The molecule has 1 aromatic rings. The van der Waals surface area contributed by atoms with Crippen LogP contribution in [0.4, 0.5) is 0 Å². The molecule has 26 heavy (non-hydrogen) atoms. The fourth-order valence-corrected chi connectivity index (χ4v) is 3.14. The van der Waals surface area contributed by atoms with Gasteiger partial charge in [0.15, 0.2) is 11.5 Å². The molecule has 1 fully saturated rings. The normalized spacial score (nSPS) is 14.8. The zero-order valence-electron chi connectivity index (χ0n) is 14.7. The van der Waals surface area contributed by atoms with Crippen molar-refractivity contribution < 1.29 is 19.0 Å². The zero-order valence-corrected chi connectivity index (χ0v) is 16.8. The number of terminal acetylenes is 1. The highest BCUT2D eigenvalue weighted by molar-refractivity contribution is 14.1. The van der Waals surface area contributed by atoms with E-state index in [1.54, 1.807) is 12.3 Å². The third kappa shape index (κ3) is 6.48. The van der Waals surface area contributed by atoms with Crippen LogP contribution in [-0.2, 0) is 9.53 Å². The van der Waals surface area contributed by atoms with Crippen molar-refractivity contribution in [2.75, 3.05) is 46.1 Å². The fourth-order valence-electron chi connectivity index (χ4n) is 2.36. The SMILES string of the molecule is C#CCOc1c(I)cc(/C=N/NC(=O)CN2CCOCC2)cc1OCC. The van der Waals surface area contributed by atoms with E-state index in [9.17, 15) is 4.79 Å². The van der Waals surface area contributed by atoms with E-state index in [1.807, 2.05) is 17.9 Å². The van der Waals surface area contributed by atoms with Crippen molar-refractivity contribution in [2.24, 2.45) is 5.10 Å². The first kappa shape index (κ1) is 20.5. The number of hydrogen-bond acceptors (Lipinski definition) is 6. The van der Waals surface area contributed by atoms with Crippen molar-refractivity contribution >= 4 is 34.7 Å². The number of rotatable bonds is 8. The summed E-state index contributed by atoms with van der Waals surface area (Å²) in [6.45, 7) is 5.69. The number of benzene rings is 1. The summed E-state index contributed by atoms with van der Waals surface area (Å²) in [5.74, 6) is 3.49. The number of halogens is 1. The Kier molecular flexibility index (Phi) is 8.67. The van der Waals surface area contributed by atoms with Crippen LogP contribution in [-0.4, -0.2) is 63.1 Å². The van der Waals surface area contributed by atoms with Gasteiger partial charge in [0.25, 0.3) is 5.91 Å². The van der Waals surface area contributed by atoms with Crippen molar-refractivity contribution in [3.05, 3.63) is 21.3 Å². The largest absolute Gasteiger partial charge is 0.490 e. The standard InChI is InChI=1S/C18H22IN3O4/c1-3-7-26-18-15(19)10-14(11-16(18)25-4-2)12-20-21-17(23)13-22-5-8-24-9-6-22/h1,10-12H,4-9,13H2,2H3,(H,21,23)/b20-12+. The maximum absolute atomic E-state index is 11.9. The molecule has 0 atom stereocenters.